The van der Waals surface area contributed by atoms with Gasteiger partial charge in [0.05, 0.1) is 18.1 Å². The predicted molar refractivity (Wildman–Crippen MR) is 91.5 cm³/mol. The van der Waals surface area contributed by atoms with Crippen LogP contribution < -0.4 is 0 Å². The number of hydrogen-bond acceptors (Lipinski definition) is 3. The Morgan fingerprint density at radius 2 is 2.17 bits per heavy atom. The summed E-state index contributed by atoms with van der Waals surface area (Å²) >= 11 is 0. The highest BCUT2D eigenvalue weighted by Gasteiger charge is 2.38. The van der Waals surface area contributed by atoms with Crippen molar-refractivity contribution in [2.45, 2.75) is 51.0 Å². The van der Waals surface area contributed by atoms with Crippen molar-refractivity contribution in [3.63, 3.8) is 0 Å². The summed E-state index contributed by atoms with van der Waals surface area (Å²) < 4.78 is 0. The number of carbonyl (C=O) groups is 2. The number of amides is 1. The third kappa shape index (κ3) is 2.83. The number of likely N-dealkylation sites (tertiary alicyclic amines) is 1. The molecule has 1 aliphatic heterocycles. The minimum Gasteiger partial charge on any atom is -0.339 e. The van der Waals surface area contributed by atoms with E-state index in [1.165, 1.54) is 0 Å². The van der Waals surface area contributed by atoms with Gasteiger partial charge < -0.3 is 4.90 Å². The molecule has 126 valence electrons. The highest BCUT2D eigenvalue weighted by Crippen LogP contribution is 2.32. The molecule has 1 aromatic heterocycles. The van der Waals surface area contributed by atoms with Gasteiger partial charge in [-0.3, -0.25) is 14.7 Å². The molecule has 4 rings (SSSR count). The van der Waals surface area contributed by atoms with Crippen molar-refractivity contribution in [1.82, 2.24) is 15.1 Å². The van der Waals surface area contributed by atoms with Crippen LogP contribution in [0.2, 0.25) is 0 Å². The largest absolute Gasteiger partial charge is 0.339 e. The topological polar surface area (TPSA) is 66.1 Å². The smallest absolute Gasteiger partial charge is 0.227 e. The summed E-state index contributed by atoms with van der Waals surface area (Å²) in [6, 6.07) is 6.11. The monoisotopic (exact) mass is 325 g/mol. The molecule has 2 fully saturated rings. The number of ketones is 1. The molecule has 1 aromatic carbocycles. The minimum atomic E-state index is 0.0697. The van der Waals surface area contributed by atoms with Crippen molar-refractivity contribution in [2.24, 2.45) is 5.92 Å². The molecule has 1 amide bonds. The summed E-state index contributed by atoms with van der Waals surface area (Å²) in [5.41, 5.74) is 1.96. The van der Waals surface area contributed by atoms with Crippen LogP contribution in [0, 0.1) is 5.92 Å². The summed E-state index contributed by atoms with van der Waals surface area (Å²) in [5.74, 6) is 0.583. The number of aromatic nitrogens is 2. The Hall–Kier alpha value is -2.17. The van der Waals surface area contributed by atoms with E-state index in [4.69, 9.17) is 0 Å². The number of Topliss-reactive ketones (excluding diaryl/α,β-unsaturated/α-hetero) is 1. The molecule has 2 unspecified atom stereocenters. The van der Waals surface area contributed by atoms with Crippen molar-refractivity contribution in [1.29, 1.82) is 0 Å². The maximum atomic E-state index is 12.8. The Bertz CT molecular complexity index is 767. The minimum absolute atomic E-state index is 0.0697. The van der Waals surface area contributed by atoms with Gasteiger partial charge in [-0.05, 0) is 37.3 Å². The van der Waals surface area contributed by atoms with E-state index < -0.39 is 0 Å². The molecular weight excluding hydrogens is 302 g/mol. The molecule has 1 aliphatic carbocycles. The Morgan fingerprint density at radius 3 is 3.04 bits per heavy atom. The molecule has 1 saturated carbocycles. The number of nitrogens with one attached hydrogen (secondary N) is 1. The molecule has 2 aromatic rings. The third-order valence-corrected chi connectivity index (χ3v) is 5.55. The zero-order valence-electron chi connectivity index (χ0n) is 13.8. The molecule has 5 nitrogen and oxygen atoms in total. The molecule has 5 heteroatoms. The van der Waals surface area contributed by atoms with Crippen molar-refractivity contribution >= 4 is 22.6 Å². The number of H-pyrrole nitrogens is 1. The van der Waals surface area contributed by atoms with E-state index in [2.05, 4.69) is 10.2 Å². The molecule has 1 N–H and O–H groups in total. The molecule has 0 bridgehead atoms. The first-order valence-electron chi connectivity index (χ1n) is 8.96. The molecule has 0 spiro atoms. The van der Waals surface area contributed by atoms with Crippen LogP contribution in [0.5, 0.6) is 0 Å². The predicted octanol–water partition coefficient (Wildman–Crippen LogP) is 2.86. The standard InChI is InChI=1S/C19H23N3O2/c23-18-6-2-1-4-15(18)17-5-3-9-22(17)19(24)11-13-7-8-14-12-20-21-16(14)10-13/h7-8,10,12,15,17H,1-6,9,11H2,(H,20,21). The van der Waals surface area contributed by atoms with E-state index in [0.29, 0.717) is 18.6 Å². The Balaban J connectivity index is 1.49. The highest BCUT2D eigenvalue weighted by atomic mass is 16.2. The number of hydrogen-bond donors (Lipinski definition) is 1. The third-order valence-electron chi connectivity index (χ3n) is 5.55. The lowest BCUT2D eigenvalue weighted by Gasteiger charge is -2.33. The first kappa shape index (κ1) is 15.4. The Morgan fingerprint density at radius 1 is 1.25 bits per heavy atom. The molecule has 2 atom stereocenters. The van der Waals surface area contributed by atoms with Crippen LogP contribution >= 0.6 is 0 Å². The van der Waals surface area contributed by atoms with Crippen molar-refractivity contribution in [2.75, 3.05) is 6.54 Å². The second kappa shape index (κ2) is 6.38. The van der Waals surface area contributed by atoms with E-state index in [1.807, 2.05) is 23.1 Å². The summed E-state index contributed by atoms with van der Waals surface area (Å²) in [4.78, 5) is 27.1. The maximum absolute atomic E-state index is 12.8. The van der Waals surface area contributed by atoms with Crippen molar-refractivity contribution < 1.29 is 9.59 Å². The van der Waals surface area contributed by atoms with E-state index in [1.54, 1.807) is 6.20 Å². The second-order valence-corrected chi connectivity index (χ2v) is 7.08. The fraction of sp³-hybridized carbons (Fsp3) is 0.526. The molecule has 1 saturated heterocycles. The SMILES string of the molecule is O=C1CCCCC1C1CCCN1C(=O)Cc1ccc2cn[nH]c2c1. The van der Waals surface area contributed by atoms with Gasteiger partial charge in [-0.15, -0.1) is 0 Å². The van der Waals surface area contributed by atoms with Crippen LogP contribution in [-0.4, -0.2) is 39.4 Å². The molecule has 2 aliphatic rings. The Kier molecular flexibility index (Phi) is 4.08. The lowest BCUT2D eigenvalue weighted by atomic mass is 9.81. The number of nitrogens with zero attached hydrogens (tertiary/aromatic N) is 2. The molecule has 24 heavy (non-hydrogen) atoms. The Labute approximate surface area is 141 Å². The number of rotatable bonds is 3. The first-order valence-corrected chi connectivity index (χ1v) is 8.96. The van der Waals surface area contributed by atoms with Crippen molar-refractivity contribution in [3.8, 4) is 0 Å². The van der Waals surface area contributed by atoms with Gasteiger partial charge in [0.15, 0.2) is 0 Å². The fourth-order valence-corrected chi connectivity index (χ4v) is 4.31. The van der Waals surface area contributed by atoms with Crippen LogP contribution in [0.3, 0.4) is 0 Å². The second-order valence-electron chi connectivity index (χ2n) is 7.08. The lowest BCUT2D eigenvalue weighted by molar-refractivity contribution is -0.135. The maximum Gasteiger partial charge on any atom is 0.227 e. The van der Waals surface area contributed by atoms with Gasteiger partial charge in [0.1, 0.15) is 5.78 Å². The fourth-order valence-electron chi connectivity index (χ4n) is 4.31. The van der Waals surface area contributed by atoms with Gasteiger partial charge >= 0.3 is 0 Å². The zero-order chi connectivity index (χ0) is 16.5. The van der Waals surface area contributed by atoms with Crippen molar-refractivity contribution in [3.05, 3.63) is 30.0 Å². The summed E-state index contributed by atoms with van der Waals surface area (Å²) in [6.07, 6.45) is 7.94. The number of fused-ring (bicyclic) bond motifs is 1. The van der Waals surface area contributed by atoms with E-state index >= 15 is 0 Å². The molecule has 2 heterocycles. The zero-order valence-corrected chi connectivity index (χ0v) is 13.8. The van der Waals surface area contributed by atoms with Gasteiger partial charge in [-0.25, -0.2) is 0 Å². The van der Waals surface area contributed by atoms with Crippen LogP contribution in [0.1, 0.15) is 44.1 Å². The summed E-state index contributed by atoms with van der Waals surface area (Å²) in [6.45, 7) is 0.791. The van der Waals surface area contributed by atoms with Gasteiger partial charge in [-0.1, -0.05) is 18.6 Å². The first-order chi connectivity index (χ1) is 11.7. The number of carbonyl (C=O) groups excluding carboxylic acids is 2. The molecular formula is C19H23N3O2. The highest BCUT2D eigenvalue weighted by molar-refractivity contribution is 5.85. The van der Waals surface area contributed by atoms with E-state index in [9.17, 15) is 9.59 Å². The van der Waals surface area contributed by atoms with E-state index in [-0.39, 0.29) is 17.9 Å². The summed E-state index contributed by atoms with van der Waals surface area (Å²) in [5, 5.41) is 8.03. The van der Waals surface area contributed by atoms with Gasteiger partial charge in [0, 0.05) is 30.3 Å². The van der Waals surface area contributed by atoms with Gasteiger partial charge in [0.25, 0.3) is 0 Å². The average Bonchev–Trinajstić information content (AvgIpc) is 3.24. The van der Waals surface area contributed by atoms with Crippen LogP contribution in [0.15, 0.2) is 24.4 Å². The van der Waals surface area contributed by atoms with Crippen LogP contribution in [0.25, 0.3) is 10.9 Å². The van der Waals surface area contributed by atoms with E-state index in [0.717, 1.165) is 55.1 Å². The normalized spacial score (nSPS) is 24.7. The van der Waals surface area contributed by atoms with Crippen LogP contribution in [-0.2, 0) is 16.0 Å². The van der Waals surface area contributed by atoms with Crippen LogP contribution in [0.4, 0.5) is 0 Å². The summed E-state index contributed by atoms with van der Waals surface area (Å²) in [7, 11) is 0. The molecule has 0 radical (unpaired) electrons. The number of aromatic amines is 1. The quantitative estimate of drug-likeness (QED) is 0.943. The van der Waals surface area contributed by atoms with Gasteiger partial charge in [0.2, 0.25) is 5.91 Å². The lowest BCUT2D eigenvalue weighted by Crippen LogP contribution is -2.44. The van der Waals surface area contributed by atoms with Gasteiger partial charge in [-0.2, -0.15) is 5.10 Å². The average molecular weight is 325 g/mol. The number of benzene rings is 1.